The van der Waals surface area contributed by atoms with Crippen molar-refractivity contribution in [3.63, 3.8) is 0 Å². The molecule has 0 unspecified atom stereocenters. The van der Waals surface area contributed by atoms with Crippen LogP contribution in [0.4, 0.5) is 0 Å². The number of hydrogen-bond donors (Lipinski definition) is 0. The highest BCUT2D eigenvalue weighted by Gasteiger charge is 2.08. The fourth-order valence-electron chi connectivity index (χ4n) is 2.66. The molecular weight excluding hydrogens is 240 g/mol. The van der Waals surface area contributed by atoms with Crippen molar-refractivity contribution in [1.29, 1.82) is 0 Å². The van der Waals surface area contributed by atoms with Gasteiger partial charge in [0.15, 0.2) is 0 Å². The summed E-state index contributed by atoms with van der Waals surface area (Å²) in [7, 11) is 0. The zero-order valence-electron chi connectivity index (χ0n) is 13.0. The highest BCUT2D eigenvalue weighted by molar-refractivity contribution is 5.72. The molecule has 0 bridgehead atoms. The molecule has 0 atom stereocenters. The van der Waals surface area contributed by atoms with Gasteiger partial charge in [0.25, 0.3) is 0 Å². The van der Waals surface area contributed by atoms with Crippen LogP contribution in [-0.4, -0.2) is 0 Å². The van der Waals surface area contributed by atoms with Gasteiger partial charge in [0.2, 0.25) is 0 Å². The molecule has 104 valence electrons. The summed E-state index contributed by atoms with van der Waals surface area (Å²) in [6.07, 6.45) is 6.89. The Balaban J connectivity index is 0.000000704. The molecule has 0 saturated carbocycles. The maximum absolute atomic E-state index is 2.33. The van der Waals surface area contributed by atoms with Gasteiger partial charge in [0.1, 0.15) is 0 Å². The lowest BCUT2D eigenvalue weighted by atomic mass is 9.91. The molecule has 0 nitrogen and oxygen atoms in total. The Bertz CT molecular complexity index is 618. The smallest absolute Gasteiger partial charge is 0.0152 e. The van der Waals surface area contributed by atoms with Crippen molar-refractivity contribution < 1.29 is 0 Å². The van der Waals surface area contributed by atoms with Crippen molar-refractivity contribution in [2.24, 2.45) is 0 Å². The lowest BCUT2D eigenvalue weighted by Gasteiger charge is -2.14. The van der Waals surface area contributed by atoms with Gasteiger partial charge in [-0.25, -0.2) is 0 Å². The number of allylic oxidation sites excluding steroid dienone is 1. The van der Waals surface area contributed by atoms with Gasteiger partial charge >= 0.3 is 0 Å². The molecule has 3 rings (SSSR count). The largest absolute Gasteiger partial charge is 0.0836 e. The number of hydrogen-bond acceptors (Lipinski definition) is 0. The van der Waals surface area contributed by atoms with Crippen LogP contribution in [0.5, 0.6) is 0 Å². The van der Waals surface area contributed by atoms with E-state index in [-0.39, 0.29) is 0 Å². The zero-order valence-corrected chi connectivity index (χ0v) is 13.0. The van der Waals surface area contributed by atoms with Gasteiger partial charge in [-0.1, -0.05) is 56.3 Å². The molecule has 0 fully saturated rings. The first-order valence-corrected chi connectivity index (χ1v) is 7.62. The Hall–Kier alpha value is -1.82. The maximum atomic E-state index is 2.33. The Morgan fingerprint density at radius 1 is 0.950 bits per heavy atom. The fourth-order valence-corrected chi connectivity index (χ4v) is 2.66. The van der Waals surface area contributed by atoms with Crippen molar-refractivity contribution in [3.05, 3.63) is 64.7 Å². The average Bonchev–Trinajstić information content (AvgIpc) is 2.51. The second-order valence-electron chi connectivity index (χ2n) is 5.10. The Labute approximate surface area is 123 Å². The first kappa shape index (κ1) is 14.6. The van der Waals surface area contributed by atoms with E-state index in [1.165, 1.54) is 46.2 Å². The van der Waals surface area contributed by atoms with E-state index < -0.39 is 0 Å². The number of aryl methyl sites for hydroxylation is 2. The molecular formula is C20H24. The predicted molar refractivity (Wildman–Crippen MR) is 90.1 cm³/mol. The van der Waals surface area contributed by atoms with Crippen LogP contribution < -0.4 is 0 Å². The lowest BCUT2D eigenvalue weighted by molar-refractivity contribution is 0.986. The lowest BCUT2D eigenvalue weighted by Crippen LogP contribution is -1.95. The predicted octanol–water partition coefficient (Wildman–Crippen LogP) is 5.96. The van der Waals surface area contributed by atoms with Crippen LogP contribution in [0, 0.1) is 13.8 Å². The monoisotopic (exact) mass is 264 g/mol. The summed E-state index contributed by atoms with van der Waals surface area (Å²) < 4.78 is 0. The second kappa shape index (κ2) is 6.56. The Kier molecular flexibility index (Phi) is 4.79. The fraction of sp³-hybridized carbons (Fsp3) is 0.300. The molecule has 2 aromatic rings. The minimum Gasteiger partial charge on any atom is -0.0836 e. The highest BCUT2D eigenvalue weighted by Crippen LogP contribution is 2.29. The van der Waals surface area contributed by atoms with Crippen molar-refractivity contribution in [2.45, 2.75) is 40.5 Å². The summed E-state index contributed by atoms with van der Waals surface area (Å²) in [6.45, 7) is 8.39. The SMILES string of the molecule is CC.Cc1cccc(-c2ccc3c(c2)C=CCC3)c1C. The highest BCUT2D eigenvalue weighted by atomic mass is 14.1. The van der Waals surface area contributed by atoms with Gasteiger partial charge in [0, 0.05) is 0 Å². The van der Waals surface area contributed by atoms with E-state index in [0.29, 0.717) is 0 Å². The summed E-state index contributed by atoms with van der Waals surface area (Å²) >= 11 is 0. The van der Waals surface area contributed by atoms with E-state index >= 15 is 0 Å². The summed E-state index contributed by atoms with van der Waals surface area (Å²) in [5, 5.41) is 0. The number of rotatable bonds is 1. The van der Waals surface area contributed by atoms with Crippen LogP contribution in [-0.2, 0) is 6.42 Å². The Morgan fingerprint density at radius 2 is 1.75 bits per heavy atom. The van der Waals surface area contributed by atoms with Crippen molar-refractivity contribution >= 4 is 6.08 Å². The van der Waals surface area contributed by atoms with Crippen molar-refractivity contribution in [1.82, 2.24) is 0 Å². The molecule has 1 aliphatic carbocycles. The molecule has 0 heterocycles. The van der Waals surface area contributed by atoms with Gasteiger partial charge < -0.3 is 0 Å². The van der Waals surface area contributed by atoms with Crippen LogP contribution in [0.2, 0.25) is 0 Å². The molecule has 1 aliphatic rings. The zero-order chi connectivity index (χ0) is 14.5. The third-order valence-electron chi connectivity index (χ3n) is 3.94. The second-order valence-corrected chi connectivity index (χ2v) is 5.10. The van der Waals surface area contributed by atoms with Gasteiger partial charge in [0.05, 0.1) is 0 Å². The van der Waals surface area contributed by atoms with Gasteiger partial charge in [-0.05, 0) is 66.1 Å². The molecule has 0 N–H and O–H groups in total. The summed E-state index contributed by atoms with van der Waals surface area (Å²) in [6, 6.07) is 13.4. The van der Waals surface area contributed by atoms with Crippen molar-refractivity contribution in [2.75, 3.05) is 0 Å². The molecule has 0 aromatic heterocycles. The number of benzene rings is 2. The summed E-state index contributed by atoms with van der Waals surface area (Å²) in [5.41, 5.74) is 8.31. The van der Waals surface area contributed by atoms with Crippen LogP contribution >= 0.6 is 0 Å². The molecule has 0 saturated heterocycles. The third kappa shape index (κ3) is 2.85. The third-order valence-corrected chi connectivity index (χ3v) is 3.94. The van der Waals surface area contributed by atoms with Gasteiger partial charge in [-0.3, -0.25) is 0 Å². The van der Waals surface area contributed by atoms with E-state index in [2.05, 4.69) is 62.4 Å². The first-order valence-electron chi connectivity index (χ1n) is 7.62. The van der Waals surface area contributed by atoms with Gasteiger partial charge in [-0.2, -0.15) is 0 Å². The van der Waals surface area contributed by atoms with Crippen molar-refractivity contribution in [3.8, 4) is 11.1 Å². The van der Waals surface area contributed by atoms with Gasteiger partial charge in [-0.15, -0.1) is 0 Å². The minimum absolute atomic E-state index is 1.18. The average molecular weight is 264 g/mol. The summed E-state index contributed by atoms with van der Waals surface area (Å²) in [4.78, 5) is 0. The number of fused-ring (bicyclic) bond motifs is 1. The van der Waals surface area contributed by atoms with E-state index in [9.17, 15) is 0 Å². The molecule has 0 amide bonds. The van der Waals surface area contributed by atoms with Crippen LogP contribution in [0.1, 0.15) is 42.5 Å². The van der Waals surface area contributed by atoms with E-state index in [1.807, 2.05) is 13.8 Å². The molecule has 0 spiro atoms. The summed E-state index contributed by atoms with van der Waals surface area (Å²) in [5.74, 6) is 0. The maximum Gasteiger partial charge on any atom is -0.0152 e. The topological polar surface area (TPSA) is 0 Å². The molecule has 0 radical (unpaired) electrons. The quantitative estimate of drug-likeness (QED) is 0.596. The Morgan fingerprint density at radius 3 is 2.55 bits per heavy atom. The van der Waals surface area contributed by atoms with Crippen LogP contribution in [0.25, 0.3) is 17.2 Å². The molecule has 0 aliphatic heterocycles. The van der Waals surface area contributed by atoms with Crippen LogP contribution in [0.3, 0.4) is 0 Å². The normalized spacial score (nSPS) is 12.4. The van der Waals surface area contributed by atoms with E-state index in [0.717, 1.165) is 0 Å². The first-order chi connectivity index (χ1) is 9.75. The molecule has 20 heavy (non-hydrogen) atoms. The van der Waals surface area contributed by atoms with E-state index in [1.54, 1.807) is 0 Å². The van der Waals surface area contributed by atoms with Crippen LogP contribution in [0.15, 0.2) is 42.5 Å². The standard InChI is InChI=1S/C18H18.C2H6/c1-13-6-5-9-18(14(13)2)17-11-10-15-7-3-4-8-16(15)12-17;1-2/h4-6,8-12H,3,7H2,1-2H3;1-2H3. The minimum atomic E-state index is 1.18. The molecule has 2 aromatic carbocycles. The van der Waals surface area contributed by atoms with E-state index in [4.69, 9.17) is 0 Å². The molecule has 0 heteroatoms.